The van der Waals surface area contributed by atoms with Crippen molar-refractivity contribution in [2.45, 2.75) is 13.3 Å². The fraction of sp³-hybridized carbons (Fsp3) is 0.273. The molecule has 1 aromatic carbocycles. The highest BCUT2D eigenvalue weighted by atomic mass is 35.5. The van der Waals surface area contributed by atoms with Crippen LogP contribution >= 0.6 is 11.6 Å². The minimum atomic E-state index is -0.201. The summed E-state index contributed by atoms with van der Waals surface area (Å²) < 4.78 is 5.34. The van der Waals surface area contributed by atoms with Gasteiger partial charge in [0.15, 0.2) is 0 Å². The molecule has 0 aromatic heterocycles. The number of carbonyl (C=O) groups excluding carboxylic acids is 1. The van der Waals surface area contributed by atoms with Gasteiger partial charge in [-0.1, -0.05) is 11.6 Å². The van der Waals surface area contributed by atoms with E-state index < -0.39 is 0 Å². The van der Waals surface area contributed by atoms with Crippen molar-refractivity contribution in [2.75, 3.05) is 11.9 Å². The van der Waals surface area contributed by atoms with Crippen molar-refractivity contribution in [2.24, 2.45) is 0 Å². The van der Waals surface area contributed by atoms with Gasteiger partial charge in [-0.05, 0) is 18.2 Å². The lowest BCUT2D eigenvalue weighted by Crippen LogP contribution is -2.08. The number of nitriles is 1. The molecule has 1 rings (SSSR count). The normalized spacial score (nSPS) is 9.31. The Morgan fingerprint density at radius 3 is 3.00 bits per heavy atom. The van der Waals surface area contributed by atoms with E-state index in [4.69, 9.17) is 21.6 Å². The third-order valence-electron chi connectivity index (χ3n) is 1.72. The molecule has 1 N–H and O–H groups in total. The Balaban J connectivity index is 2.81. The Morgan fingerprint density at radius 1 is 1.62 bits per heavy atom. The quantitative estimate of drug-likeness (QED) is 0.820. The van der Waals surface area contributed by atoms with Gasteiger partial charge < -0.3 is 10.1 Å². The van der Waals surface area contributed by atoms with E-state index in [1.807, 2.05) is 6.07 Å². The van der Waals surface area contributed by atoms with Crippen LogP contribution in [-0.4, -0.2) is 12.5 Å². The summed E-state index contributed by atoms with van der Waals surface area (Å²) in [5.41, 5.74) is 0.512. The predicted octanol–water partition coefficient (Wildman–Crippen LogP) is 2.59. The summed E-state index contributed by atoms with van der Waals surface area (Å²) in [5.74, 6) is 0.308. The Bertz CT molecular complexity index is 426. The summed E-state index contributed by atoms with van der Waals surface area (Å²) in [6, 6.07) is 6.89. The van der Waals surface area contributed by atoms with Crippen LogP contribution in [0.15, 0.2) is 18.2 Å². The molecule has 16 heavy (non-hydrogen) atoms. The molecule has 0 bridgehead atoms. The highest BCUT2D eigenvalue weighted by Crippen LogP contribution is 2.28. The first-order valence-corrected chi connectivity index (χ1v) is 5.08. The van der Waals surface area contributed by atoms with Gasteiger partial charge in [-0.25, -0.2) is 0 Å². The number of amides is 1. The molecule has 0 unspecified atom stereocenters. The topological polar surface area (TPSA) is 62.1 Å². The lowest BCUT2D eigenvalue weighted by atomic mass is 10.3. The number of anilines is 1. The van der Waals surface area contributed by atoms with E-state index in [9.17, 15) is 4.79 Å². The largest absolute Gasteiger partial charge is 0.490 e. The van der Waals surface area contributed by atoms with Gasteiger partial charge in [0.2, 0.25) is 5.91 Å². The fourth-order valence-electron chi connectivity index (χ4n) is 1.12. The molecule has 0 atom stereocenters. The molecule has 84 valence electrons. The maximum atomic E-state index is 10.9. The van der Waals surface area contributed by atoms with Crippen LogP contribution in [0, 0.1) is 11.3 Å². The molecule has 0 radical (unpaired) electrons. The van der Waals surface area contributed by atoms with Gasteiger partial charge in [0.25, 0.3) is 0 Å². The van der Waals surface area contributed by atoms with E-state index >= 15 is 0 Å². The average Bonchev–Trinajstić information content (AvgIpc) is 2.20. The van der Waals surface area contributed by atoms with E-state index in [2.05, 4.69) is 5.32 Å². The monoisotopic (exact) mass is 238 g/mol. The van der Waals surface area contributed by atoms with Crippen molar-refractivity contribution in [1.29, 1.82) is 5.26 Å². The summed E-state index contributed by atoms with van der Waals surface area (Å²) in [6.45, 7) is 1.69. The molecule has 1 aromatic rings. The molecule has 0 aliphatic carbocycles. The number of ether oxygens (including phenoxy) is 1. The summed E-state index contributed by atoms with van der Waals surface area (Å²) in [6.07, 6.45) is 0.294. The molecule has 0 spiro atoms. The number of halogens is 1. The van der Waals surface area contributed by atoms with Gasteiger partial charge in [0.05, 0.1) is 18.2 Å². The number of benzene rings is 1. The second kappa shape index (κ2) is 5.99. The third kappa shape index (κ3) is 3.79. The Hall–Kier alpha value is -1.73. The second-order valence-electron chi connectivity index (χ2n) is 3.08. The first kappa shape index (κ1) is 12.3. The van der Waals surface area contributed by atoms with Gasteiger partial charge in [-0.15, -0.1) is 0 Å². The lowest BCUT2D eigenvalue weighted by Gasteiger charge is -2.10. The Kier molecular flexibility index (Phi) is 4.62. The molecule has 0 fully saturated rings. The van der Waals surface area contributed by atoms with Crippen LogP contribution in [0.5, 0.6) is 5.75 Å². The number of nitrogens with one attached hydrogen (secondary N) is 1. The predicted molar refractivity (Wildman–Crippen MR) is 61.5 cm³/mol. The van der Waals surface area contributed by atoms with Gasteiger partial charge in [-0.3, -0.25) is 4.79 Å². The first-order chi connectivity index (χ1) is 7.63. The van der Waals surface area contributed by atoms with E-state index in [1.54, 1.807) is 18.2 Å². The minimum Gasteiger partial charge on any atom is -0.490 e. The maximum absolute atomic E-state index is 10.9. The van der Waals surface area contributed by atoms with Crippen LogP contribution in [-0.2, 0) is 4.79 Å². The molecule has 0 heterocycles. The van der Waals surface area contributed by atoms with Crippen molar-refractivity contribution in [3.8, 4) is 11.8 Å². The minimum absolute atomic E-state index is 0.201. The van der Waals surface area contributed by atoms with E-state index in [1.165, 1.54) is 6.92 Å². The Morgan fingerprint density at radius 2 is 2.38 bits per heavy atom. The molecular weight excluding hydrogens is 228 g/mol. The summed E-state index contributed by atoms with van der Waals surface area (Å²) in [5, 5.41) is 11.5. The number of rotatable bonds is 4. The van der Waals surface area contributed by atoms with Crippen LogP contribution in [0.25, 0.3) is 0 Å². The van der Waals surface area contributed by atoms with Gasteiger partial charge in [-0.2, -0.15) is 5.26 Å². The number of nitrogens with zero attached hydrogens (tertiary/aromatic N) is 1. The zero-order valence-electron chi connectivity index (χ0n) is 8.79. The van der Waals surface area contributed by atoms with E-state index in [0.29, 0.717) is 22.9 Å². The summed E-state index contributed by atoms with van der Waals surface area (Å²) in [4.78, 5) is 10.9. The van der Waals surface area contributed by atoms with Gasteiger partial charge >= 0.3 is 0 Å². The van der Waals surface area contributed by atoms with Crippen LogP contribution in [0.3, 0.4) is 0 Å². The van der Waals surface area contributed by atoms with E-state index in [0.717, 1.165) is 0 Å². The molecule has 0 aliphatic heterocycles. The van der Waals surface area contributed by atoms with Gasteiger partial charge in [0.1, 0.15) is 12.4 Å². The van der Waals surface area contributed by atoms with Crippen molar-refractivity contribution in [3.63, 3.8) is 0 Å². The Labute approximate surface area is 98.8 Å². The fourth-order valence-corrected chi connectivity index (χ4v) is 1.29. The van der Waals surface area contributed by atoms with Crippen LogP contribution < -0.4 is 10.1 Å². The molecule has 0 aliphatic rings. The average molecular weight is 239 g/mol. The molecule has 0 saturated carbocycles. The van der Waals surface area contributed by atoms with Crippen molar-refractivity contribution < 1.29 is 9.53 Å². The smallest absolute Gasteiger partial charge is 0.221 e. The third-order valence-corrected chi connectivity index (χ3v) is 1.96. The van der Waals surface area contributed by atoms with Crippen molar-refractivity contribution in [3.05, 3.63) is 23.2 Å². The van der Waals surface area contributed by atoms with E-state index in [-0.39, 0.29) is 12.5 Å². The number of hydrogen-bond donors (Lipinski definition) is 1. The van der Waals surface area contributed by atoms with Crippen LogP contribution in [0.2, 0.25) is 5.02 Å². The zero-order chi connectivity index (χ0) is 12.0. The number of hydrogen-bond acceptors (Lipinski definition) is 3. The molecule has 0 saturated heterocycles. The zero-order valence-corrected chi connectivity index (χ0v) is 9.54. The maximum Gasteiger partial charge on any atom is 0.221 e. The number of carbonyl (C=O) groups is 1. The highest BCUT2D eigenvalue weighted by molar-refractivity contribution is 6.31. The first-order valence-electron chi connectivity index (χ1n) is 4.70. The molecule has 1 amide bonds. The molecule has 5 heteroatoms. The van der Waals surface area contributed by atoms with Crippen molar-refractivity contribution >= 4 is 23.2 Å². The molecular formula is C11H11ClN2O2. The second-order valence-corrected chi connectivity index (χ2v) is 3.51. The van der Waals surface area contributed by atoms with Crippen molar-refractivity contribution in [1.82, 2.24) is 0 Å². The van der Waals surface area contributed by atoms with Crippen LogP contribution in [0.4, 0.5) is 5.69 Å². The lowest BCUT2D eigenvalue weighted by molar-refractivity contribution is -0.114. The van der Waals surface area contributed by atoms with Gasteiger partial charge in [0, 0.05) is 11.9 Å². The summed E-state index contributed by atoms with van der Waals surface area (Å²) >= 11 is 5.80. The summed E-state index contributed by atoms with van der Waals surface area (Å²) in [7, 11) is 0. The molecule has 4 nitrogen and oxygen atoms in total. The highest BCUT2D eigenvalue weighted by Gasteiger charge is 2.06. The standard InChI is InChI=1S/C11H11ClN2O2/c1-8(15)14-10-7-9(12)3-4-11(10)16-6-2-5-13/h3-4,7H,2,6H2,1H3,(H,14,15). The SMILES string of the molecule is CC(=O)Nc1cc(Cl)ccc1OCCC#N. The van der Waals surface area contributed by atoms with Crippen LogP contribution in [0.1, 0.15) is 13.3 Å².